The zero-order chi connectivity index (χ0) is 14.0. The van der Waals surface area contributed by atoms with Crippen LogP contribution in [0.4, 0.5) is 0 Å². The van der Waals surface area contributed by atoms with Crippen molar-refractivity contribution in [1.29, 1.82) is 0 Å². The maximum atomic E-state index is 12.2. The van der Waals surface area contributed by atoms with Gasteiger partial charge < -0.3 is 0 Å². The number of hydrogen-bond donors (Lipinski definition) is 0. The Hall–Kier alpha value is 0.0200. The molecule has 1 aliphatic rings. The van der Waals surface area contributed by atoms with Gasteiger partial charge in [-0.1, -0.05) is 58.3 Å². The van der Waals surface area contributed by atoms with Gasteiger partial charge in [0.15, 0.2) is 0 Å². The van der Waals surface area contributed by atoms with E-state index in [1.807, 2.05) is 11.8 Å². The van der Waals surface area contributed by atoms with Gasteiger partial charge in [0.2, 0.25) is 0 Å². The Balaban J connectivity index is 1.92. The highest BCUT2D eigenvalue weighted by atomic mass is 32.2. The van der Waals surface area contributed by atoms with Crippen molar-refractivity contribution < 1.29 is 4.79 Å². The van der Waals surface area contributed by atoms with Gasteiger partial charge in [-0.15, -0.1) is 11.8 Å². The number of hydrogen-bond acceptors (Lipinski definition) is 2. The molecule has 0 saturated carbocycles. The summed E-state index contributed by atoms with van der Waals surface area (Å²) in [6.07, 6.45) is 15.1. The summed E-state index contributed by atoms with van der Waals surface area (Å²) in [6.45, 7) is 4.42. The van der Waals surface area contributed by atoms with Crippen LogP contribution in [0, 0.1) is 0 Å². The van der Waals surface area contributed by atoms with E-state index in [4.69, 9.17) is 0 Å². The van der Waals surface area contributed by atoms with Crippen molar-refractivity contribution in [2.75, 3.05) is 5.75 Å². The summed E-state index contributed by atoms with van der Waals surface area (Å²) in [7, 11) is 0. The largest absolute Gasteiger partial charge is 0.298 e. The Bertz CT molecular complexity index is 244. The normalized spacial score (nSPS) is 22.8. The average molecular weight is 285 g/mol. The second-order valence-electron chi connectivity index (χ2n) is 6.18. The maximum absolute atomic E-state index is 12.2. The Morgan fingerprint density at radius 2 is 1.58 bits per heavy atom. The van der Waals surface area contributed by atoms with Gasteiger partial charge in [-0.2, -0.15) is 0 Å². The minimum atomic E-state index is -0.0276. The van der Waals surface area contributed by atoms with Gasteiger partial charge in [-0.25, -0.2) is 0 Å². The number of thioether (sulfide) groups is 1. The molecular formula is C17H32OS. The second kappa shape index (κ2) is 9.85. The summed E-state index contributed by atoms with van der Waals surface area (Å²) in [4.78, 5) is 12.2. The van der Waals surface area contributed by atoms with Crippen molar-refractivity contribution in [3.8, 4) is 0 Å². The highest BCUT2D eigenvalue weighted by Gasteiger charge is 2.35. The zero-order valence-electron chi connectivity index (χ0n) is 13.0. The van der Waals surface area contributed by atoms with Crippen molar-refractivity contribution in [2.45, 2.75) is 95.6 Å². The molecule has 0 spiro atoms. The Labute approximate surface area is 124 Å². The lowest BCUT2D eigenvalue weighted by atomic mass is 9.95. The lowest BCUT2D eigenvalue weighted by molar-refractivity contribution is -0.121. The first-order chi connectivity index (χ1) is 9.19. The molecule has 0 aromatic carbocycles. The van der Waals surface area contributed by atoms with Gasteiger partial charge in [-0.3, -0.25) is 4.79 Å². The van der Waals surface area contributed by atoms with Gasteiger partial charge in [-0.05, 0) is 31.9 Å². The predicted octanol–water partition coefficient (Wildman–Crippen LogP) is 5.76. The van der Waals surface area contributed by atoms with Crippen LogP contribution in [-0.4, -0.2) is 16.3 Å². The molecule has 112 valence electrons. The van der Waals surface area contributed by atoms with Crippen LogP contribution in [0.3, 0.4) is 0 Å². The van der Waals surface area contributed by atoms with E-state index in [2.05, 4.69) is 13.8 Å². The molecule has 0 amide bonds. The van der Waals surface area contributed by atoms with Crippen LogP contribution in [0.15, 0.2) is 0 Å². The molecule has 0 aromatic heterocycles. The van der Waals surface area contributed by atoms with Crippen LogP contribution in [0.1, 0.15) is 90.9 Å². The highest BCUT2D eigenvalue weighted by Crippen LogP contribution is 2.39. The maximum Gasteiger partial charge on any atom is 0.148 e. The first-order valence-electron chi connectivity index (χ1n) is 8.36. The minimum Gasteiger partial charge on any atom is -0.298 e. The van der Waals surface area contributed by atoms with Crippen molar-refractivity contribution in [3.05, 3.63) is 0 Å². The van der Waals surface area contributed by atoms with E-state index in [1.165, 1.54) is 63.5 Å². The summed E-state index contributed by atoms with van der Waals surface area (Å²) in [5.41, 5.74) is 0. The van der Waals surface area contributed by atoms with Crippen LogP contribution in [0.25, 0.3) is 0 Å². The third-order valence-electron chi connectivity index (χ3n) is 4.32. The molecular weight excluding hydrogens is 252 g/mol. The summed E-state index contributed by atoms with van der Waals surface area (Å²) >= 11 is 1.88. The lowest BCUT2D eigenvalue weighted by Crippen LogP contribution is -2.28. The van der Waals surface area contributed by atoms with Crippen LogP contribution in [0.5, 0.6) is 0 Å². The smallest absolute Gasteiger partial charge is 0.148 e. The highest BCUT2D eigenvalue weighted by molar-refractivity contribution is 8.01. The molecule has 0 N–H and O–H groups in total. The molecule has 0 aliphatic carbocycles. The van der Waals surface area contributed by atoms with E-state index in [0.29, 0.717) is 5.78 Å². The number of carbonyl (C=O) groups excluding carboxylic acids is 1. The fourth-order valence-electron chi connectivity index (χ4n) is 2.86. The third-order valence-corrected chi connectivity index (χ3v) is 5.88. The molecule has 0 aromatic rings. The summed E-state index contributed by atoms with van der Waals surface area (Å²) in [5.74, 6) is 1.69. The number of rotatable bonds is 11. The molecule has 0 bridgehead atoms. The number of unbranched alkanes of at least 4 members (excludes halogenated alkanes) is 8. The van der Waals surface area contributed by atoms with E-state index in [-0.39, 0.29) is 4.75 Å². The SMILES string of the molecule is CCCCCCCCCCCC(=O)C1(C)CCCS1. The van der Waals surface area contributed by atoms with Gasteiger partial charge >= 0.3 is 0 Å². The van der Waals surface area contributed by atoms with E-state index >= 15 is 0 Å². The van der Waals surface area contributed by atoms with Crippen molar-refractivity contribution in [3.63, 3.8) is 0 Å². The third kappa shape index (κ3) is 6.83. The average Bonchev–Trinajstić information content (AvgIpc) is 2.85. The predicted molar refractivity (Wildman–Crippen MR) is 86.9 cm³/mol. The minimum absolute atomic E-state index is 0.0276. The molecule has 1 nitrogen and oxygen atoms in total. The van der Waals surface area contributed by atoms with E-state index < -0.39 is 0 Å². The Morgan fingerprint density at radius 1 is 1.00 bits per heavy atom. The first kappa shape index (κ1) is 17.1. The summed E-state index contributed by atoms with van der Waals surface area (Å²) in [5, 5.41) is 0. The van der Waals surface area contributed by atoms with Gasteiger partial charge in [0.05, 0.1) is 4.75 Å². The van der Waals surface area contributed by atoms with E-state index in [0.717, 1.165) is 19.3 Å². The van der Waals surface area contributed by atoms with E-state index in [1.54, 1.807) is 0 Å². The lowest BCUT2D eigenvalue weighted by Gasteiger charge is -2.20. The second-order valence-corrected chi connectivity index (χ2v) is 7.78. The first-order valence-corrected chi connectivity index (χ1v) is 9.35. The summed E-state index contributed by atoms with van der Waals surface area (Å²) in [6, 6.07) is 0. The van der Waals surface area contributed by atoms with Crippen LogP contribution < -0.4 is 0 Å². The standard InChI is InChI=1S/C17H32OS/c1-3-4-5-6-7-8-9-10-11-13-16(18)17(2)14-12-15-19-17/h3-15H2,1-2H3. The van der Waals surface area contributed by atoms with Gasteiger partial charge in [0, 0.05) is 6.42 Å². The topological polar surface area (TPSA) is 17.1 Å². The number of ketones is 1. The molecule has 0 radical (unpaired) electrons. The van der Waals surface area contributed by atoms with Crippen LogP contribution in [-0.2, 0) is 4.79 Å². The molecule has 1 saturated heterocycles. The molecule has 2 heteroatoms. The van der Waals surface area contributed by atoms with Crippen molar-refractivity contribution >= 4 is 17.5 Å². The molecule has 1 aliphatic heterocycles. The number of carbonyl (C=O) groups is 1. The Kier molecular flexibility index (Phi) is 8.85. The van der Waals surface area contributed by atoms with Crippen molar-refractivity contribution in [1.82, 2.24) is 0 Å². The Morgan fingerprint density at radius 3 is 2.11 bits per heavy atom. The molecule has 1 rings (SSSR count). The zero-order valence-corrected chi connectivity index (χ0v) is 13.8. The fraction of sp³-hybridized carbons (Fsp3) is 0.941. The monoisotopic (exact) mass is 284 g/mol. The summed E-state index contributed by atoms with van der Waals surface area (Å²) < 4.78 is -0.0276. The van der Waals surface area contributed by atoms with Gasteiger partial charge in [0.25, 0.3) is 0 Å². The van der Waals surface area contributed by atoms with Gasteiger partial charge in [0.1, 0.15) is 5.78 Å². The van der Waals surface area contributed by atoms with Crippen LogP contribution >= 0.6 is 11.8 Å². The molecule has 1 atom stereocenters. The molecule has 1 fully saturated rings. The molecule has 1 unspecified atom stereocenters. The molecule has 1 heterocycles. The molecule has 19 heavy (non-hydrogen) atoms. The van der Waals surface area contributed by atoms with Crippen LogP contribution in [0.2, 0.25) is 0 Å². The van der Waals surface area contributed by atoms with Crippen molar-refractivity contribution in [2.24, 2.45) is 0 Å². The number of Topliss-reactive ketones (excluding diaryl/α,β-unsaturated/α-hetero) is 1. The van der Waals surface area contributed by atoms with E-state index in [9.17, 15) is 4.79 Å². The fourth-order valence-corrected chi connectivity index (χ4v) is 4.15. The quantitative estimate of drug-likeness (QED) is 0.448.